The molecule has 10 heteroatoms. The normalized spacial score (nSPS) is 13.8. The van der Waals surface area contributed by atoms with E-state index in [2.05, 4.69) is 21.3 Å². The van der Waals surface area contributed by atoms with Crippen LogP contribution < -0.4 is 27.0 Å². The third-order valence-electron chi connectivity index (χ3n) is 4.60. The summed E-state index contributed by atoms with van der Waals surface area (Å²) in [5.74, 6) is 0. The Balaban J connectivity index is 2.42. The Hall–Kier alpha value is -3.01. The van der Waals surface area contributed by atoms with Crippen LogP contribution in [0.25, 0.3) is 0 Å². The molecular formula is C23H40N6O4. The van der Waals surface area contributed by atoms with Gasteiger partial charge in [0.2, 0.25) is 0 Å². The van der Waals surface area contributed by atoms with E-state index in [4.69, 9.17) is 10.5 Å². The predicted molar refractivity (Wildman–Crippen MR) is 129 cm³/mol. The summed E-state index contributed by atoms with van der Waals surface area (Å²) in [4.78, 5) is 38.3. The summed E-state index contributed by atoms with van der Waals surface area (Å²) >= 11 is 0. The first kappa shape index (κ1) is 28.0. The van der Waals surface area contributed by atoms with Crippen LogP contribution >= 0.6 is 0 Å². The summed E-state index contributed by atoms with van der Waals surface area (Å²) in [5.41, 5.74) is 6.20. The van der Waals surface area contributed by atoms with Crippen molar-refractivity contribution in [1.82, 2.24) is 26.2 Å². The van der Waals surface area contributed by atoms with Crippen molar-refractivity contribution in [2.45, 2.75) is 71.8 Å². The van der Waals surface area contributed by atoms with Crippen molar-refractivity contribution in [2.24, 2.45) is 5.73 Å². The van der Waals surface area contributed by atoms with Gasteiger partial charge in [0.05, 0.1) is 0 Å². The largest absolute Gasteiger partial charge is 0.444 e. The molecule has 186 valence electrons. The van der Waals surface area contributed by atoms with E-state index < -0.39 is 17.7 Å². The lowest BCUT2D eigenvalue weighted by molar-refractivity contribution is 0.0508. The van der Waals surface area contributed by atoms with E-state index in [-0.39, 0.29) is 37.2 Å². The van der Waals surface area contributed by atoms with Crippen LogP contribution in [0.2, 0.25) is 0 Å². The Morgan fingerprint density at radius 2 is 1.55 bits per heavy atom. The van der Waals surface area contributed by atoms with Gasteiger partial charge in [0, 0.05) is 44.3 Å². The lowest BCUT2D eigenvalue weighted by Gasteiger charge is -2.29. The molecule has 1 aromatic carbocycles. The standard InChI is InChI=1S/C23H40N6O4/c1-16(27-20(30)25-13-17(2)28-22(32)33-23(4,5)6)14-26-21(31)29(18(3)12-24)15-19-10-8-7-9-11-19/h7-11,16-18H,12-15,24H2,1-6H3,(H,26,31)(H,28,32)(H2,25,27,30)/t16-,17?,18?/m0/s1. The topological polar surface area (TPSA) is 138 Å². The smallest absolute Gasteiger partial charge is 0.407 e. The number of benzene rings is 1. The van der Waals surface area contributed by atoms with Gasteiger partial charge in [0.25, 0.3) is 0 Å². The van der Waals surface area contributed by atoms with Crippen LogP contribution in [0.15, 0.2) is 30.3 Å². The van der Waals surface area contributed by atoms with Gasteiger partial charge >= 0.3 is 18.2 Å². The molecule has 1 rings (SSSR count). The number of hydrogen-bond acceptors (Lipinski definition) is 5. The van der Waals surface area contributed by atoms with E-state index >= 15 is 0 Å². The maximum atomic E-state index is 12.7. The minimum Gasteiger partial charge on any atom is -0.444 e. The highest BCUT2D eigenvalue weighted by atomic mass is 16.6. The molecule has 0 aliphatic carbocycles. The number of nitrogens with two attached hydrogens (primary N) is 1. The molecule has 0 aromatic heterocycles. The Morgan fingerprint density at radius 3 is 2.12 bits per heavy atom. The molecule has 5 amide bonds. The number of nitrogens with zero attached hydrogens (tertiary/aromatic N) is 1. The zero-order valence-corrected chi connectivity index (χ0v) is 20.6. The second kappa shape index (κ2) is 13.5. The number of carbonyl (C=O) groups excluding carboxylic acids is 3. The number of hydrogen-bond donors (Lipinski definition) is 5. The van der Waals surface area contributed by atoms with Gasteiger partial charge in [0.15, 0.2) is 0 Å². The SMILES string of the molecule is CC(CNC(=O)N[C@@H](C)CNC(=O)N(Cc1ccccc1)C(C)CN)NC(=O)OC(C)(C)C. The Labute approximate surface area is 197 Å². The van der Waals surface area contributed by atoms with Crippen LogP contribution in [0.3, 0.4) is 0 Å². The van der Waals surface area contributed by atoms with E-state index in [1.807, 2.05) is 37.3 Å². The molecule has 0 saturated heterocycles. The van der Waals surface area contributed by atoms with Crippen LogP contribution in [0.1, 0.15) is 47.1 Å². The fraction of sp³-hybridized carbons (Fsp3) is 0.609. The van der Waals surface area contributed by atoms with Crippen LogP contribution in [0.5, 0.6) is 0 Å². The van der Waals surface area contributed by atoms with Crippen molar-refractivity contribution < 1.29 is 19.1 Å². The average Bonchev–Trinajstić information content (AvgIpc) is 2.73. The maximum absolute atomic E-state index is 12.7. The van der Waals surface area contributed by atoms with Crippen molar-refractivity contribution in [3.8, 4) is 0 Å². The summed E-state index contributed by atoms with van der Waals surface area (Å²) in [6.45, 7) is 12.0. The Kier molecular flexibility index (Phi) is 11.5. The molecule has 0 radical (unpaired) electrons. The van der Waals surface area contributed by atoms with Gasteiger partial charge in [-0.15, -0.1) is 0 Å². The number of ether oxygens (including phenoxy) is 1. The summed E-state index contributed by atoms with van der Waals surface area (Å²) in [6, 6.07) is 8.27. The van der Waals surface area contributed by atoms with Gasteiger partial charge in [0.1, 0.15) is 5.60 Å². The van der Waals surface area contributed by atoms with Crippen molar-refractivity contribution in [2.75, 3.05) is 19.6 Å². The zero-order valence-electron chi connectivity index (χ0n) is 20.6. The first-order valence-electron chi connectivity index (χ1n) is 11.2. The van der Waals surface area contributed by atoms with Crippen molar-refractivity contribution in [3.63, 3.8) is 0 Å². The molecular weight excluding hydrogens is 424 g/mol. The van der Waals surface area contributed by atoms with Crippen LogP contribution in [-0.4, -0.2) is 66.4 Å². The molecule has 1 aromatic rings. The quantitative estimate of drug-likeness (QED) is 0.361. The molecule has 0 heterocycles. The molecule has 0 saturated carbocycles. The highest BCUT2D eigenvalue weighted by molar-refractivity contribution is 5.76. The van der Waals surface area contributed by atoms with Crippen molar-refractivity contribution in [1.29, 1.82) is 0 Å². The van der Waals surface area contributed by atoms with Crippen molar-refractivity contribution in [3.05, 3.63) is 35.9 Å². The number of rotatable bonds is 10. The van der Waals surface area contributed by atoms with Crippen LogP contribution in [0.4, 0.5) is 14.4 Å². The fourth-order valence-corrected chi connectivity index (χ4v) is 2.81. The third kappa shape index (κ3) is 12.0. The summed E-state index contributed by atoms with van der Waals surface area (Å²) in [5, 5.41) is 11.0. The molecule has 3 atom stereocenters. The molecule has 33 heavy (non-hydrogen) atoms. The number of urea groups is 2. The van der Waals surface area contributed by atoms with Gasteiger partial charge in [-0.1, -0.05) is 30.3 Å². The molecule has 0 aliphatic heterocycles. The maximum Gasteiger partial charge on any atom is 0.407 e. The molecule has 2 unspecified atom stereocenters. The summed E-state index contributed by atoms with van der Waals surface area (Å²) < 4.78 is 5.19. The van der Waals surface area contributed by atoms with E-state index in [1.54, 1.807) is 39.5 Å². The molecule has 0 spiro atoms. The van der Waals surface area contributed by atoms with E-state index in [9.17, 15) is 14.4 Å². The van der Waals surface area contributed by atoms with Gasteiger partial charge in [-0.3, -0.25) is 0 Å². The highest BCUT2D eigenvalue weighted by Gasteiger charge is 2.21. The van der Waals surface area contributed by atoms with Gasteiger partial charge < -0.3 is 36.6 Å². The zero-order chi connectivity index (χ0) is 25.0. The lowest BCUT2D eigenvalue weighted by Crippen LogP contribution is -2.52. The minimum absolute atomic E-state index is 0.143. The predicted octanol–water partition coefficient (Wildman–Crippen LogP) is 2.15. The summed E-state index contributed by atoms with van der Waals surface area (Å²) in [6.07, 6.45) is -0.542. The number of nitrogens with one attached hydrogen (secondary N) is 4. The summed E-state index contributed by atoms with van der Waals surface area (Å²) in [7, 11) is 0. The second-order valence-corrected chi connectivity index (χ2v) is 9.19. The average molecular weight is 465 g/mol. The van der Waals surface area contributed by atoms with Crippen LogP contribution in [0, 0.1) is 0 Å². The van der Waals surface area contributed by atoms with Gasteiger partial charge in [-0.05, 0) is 47.1 Å². The Morgan fingerprint density at radius 1 is 0.970 bits per heavy atom. The minimum atomic E-state index is -0.590. The van der Waals surface area contributed by atoms with Crippen molar-refractivity contribution >= 4 is 18.2 Å². The molecule has 6 N–H and O–H groups in total. The Bertz CT molecular complexity index is 753. The van der Waals surface area contributed by atoms with E-state index in [0.29, 0.717) is 13.1 Å². The molecule has 0 aliphatic rings. The van der Waals surface area contributed by atoms with Gasteiger partial charge in [-0.25, -0.2) is 14.4 Å². The van der Waals surface area contributed by atoms with E-state index in [1.165, 1.54) is 0 Å². The first-order valence-corrected chi connectivity index (χ1v) is 11.2. The molecule has 0 fully saturated rings. The van der Waals surface area contributed by atoms with Crippen LogP contribution in [-0.2, 0) is 11.3 Å². The monoisotopic (exact) mass is 464 g/mol. The van der Waals surface area contributed by atoms with E-state index in [0.717, 1.165) is 5.56 Å². The lowest BCUT2D eigenvalue weighted by atomic mass is 10.2. The van der Waals surface area contributed by atoms with Gasteiger partial charge in [-0.2, -0.15) is 0 Å². The number of alkyl carbamates (subject to hydrolysis) is 1. The number of amides is 5. The first-order chi connectivity index (χ1) is 15.4. The highest BCUT2D eigenvalue weighted by Crippen LogP contribution is 2.08. The number of carbonyl (C=O) groups is 3. The third-order valence-corrected chi connectivity index (χ3v) is 4.60. The fourth-order valence-electron chi connectivity index (χ4n) is 2.81. The second-order valence-electron chi connectivity index (χ2n) is 9.19. The molecule has 10 nitrogen and oxygen atoms in total. The molecule has 0 bridgehead atoms.